The summed E-state index contributed by atoms with van der Waals surface area (Å²) < 4.78 is 4.04. The van der Waals surface area contributed by atoms with Gasteiger partial charge >= 0.3 is 0 Å². The number of ether oxygens (including phenoxy) is 1. The molecule has 0 aliphatic rings. The molecular weight excluding hydrogens is 350 g/mol. The minimum Gasteiger partial charge on any atom is -0.496 e. The molecule has 0 aliphatic heterocycles. The lowest BCUT2D eigenvalue weighted by Gasteiger charge is -2.09. The van der Waals surface area contributed by atoms with E-state index in [0.717, 1.165) is 16.1 Å². The third kappa shape index (κ3) is 4.51. The first-order chi connectivity index (χ1) is 7.84. The van der Waals surface area contributed by atoms with Crippen LogP contribution in [0.3, 0.4) is 0 Å². The monoisotopic (exact) mass is 356 g/mol. The van der Waals surface area contributed by atoms with Crippen molar-refractivity contribution >= 4 is 62.3 Å². The van der Waals surface area contributed by atoms with Gasteiger partial charge in [-0.2, -0.15) is 0 Å². The summed E-state index contributed by atoms with van der Waals surface area (Å²) in [6.45, 7) is 0. The number of benzene rings is 1. The quantitative estimate of drug-likeness (QED) is 0.455. The molecule has 0 amide bonds. The first kappa shape index (κ1) is 14.8. The van der Waals surface area contributed by atoms with Crippen molar-refractivity contribution in [3.05, 3.63) is 40.4 Å². The Kier molecular flexibility index (Phi) is 5.32. The molecular formula is C11H8BrCl3O2. The van der Waals surface area contributed by atoms with E-state index in [0.29, 0.717) is 5.76 Å². The van der Waals surface area contributed by atoms with E-state index in [1.807, 2.05) is 12.1 Å². The molecule has 0 bridgehead atoms. The normalized spacial score (nSPS) is 12.4. The number of halogens is 4. The average molecular weight is 358 g/mol. The third-order valence-corrected chi connectivity index (χ3v) is 2.98. The summed E-state index contributed by atoms with van der Waals surface area (Å²) in [7, 11) is 1.44. The number of allylic oxidation sites excluding steroid dienone is 1. The van der Waals surface area contributed by atoms with Gasteiger partial charge in [0.25, 0.3) is 3.79 Å². The first-order valence-electron chi connectivity index (χ1n) is 4.47. The van der Waals surface area contributed by atoms with Crippen LogP contribution in [0.4, 0.5) is 0 Å². The molecule has 17 heavy (non-hydrogen) atoms. The van der Waals surface area contributed by atoms with Crippen LogP contribution in [0.1, 0.15) is 5.56 Å². The molecule has 92 valence electrons. The smallest absolute Gasteiger partial charge is 0.252 e. The van der Waals surface area contributed by atoms with Gasteiger partial charge in [0.1, 0.15) is 5.76 Å². The van der Waals surface area contributed by atoms with Crippen LogP contribution < -0.4 is 0 Å². The molecule has 1 rings (SSSR count). The number of carbonyl (C=O) groups is 1. The van der Waals surface area contributed by atoms with E-state index in [2.05, 4.69) is 15.9 Å². The van der Waals surface area contributed by atoms with Gasteiger partial charge in [-0.05, 0) is 12.1 Å². The van der Waals surface area contributed by atoms with Gasteiger partial charge in [0.15, 0.2) is 0 Å². The second-order valence-corrected chi connectivity index (χ2v) is 6.28. The topological polar surface area (TPSA) is 26.3 Å². The minimum atomic E-state index is -1.97. The van der Waals surface area contributed by atoms with E-state index in [1.165, 1.54) is 7.11 Å². The van der Waals surface area contributed by atoms with Gasteiger partial charge in [-0.15, -0.1) is 0 Å². The summed E-state index contributed by atoms with van der Waals surface area (Å²) in [6, 6.07) is 7.21. The highest BCUT2D eigenvalue weighted by atomic mass is 79.9. The van der Waals surface area contributed by atoms with Crippen LogP contribution in [-0.2, 0) is 9.53 Å². The number of carbonyl (C=O) groups excluding carboxylic acids is 1. The van der Waals surface area contributed by atoms with Gasteiger partial charge in [0.2, 0.25) is 5.78 Å². The van der Waals surface area contributed by atoms with Crippen LogP contribution in [-0.4, -0.2) is 16.7 Å². The second-order valence-electron chi connectivity index (χ2n) is 3.08. The molecule has 0 saturated carbocycles. The number of ketones is 1. The van der Waals surface area contributed by atoms with E-state index in [-0.39, 0.29) is 0 Å². The number of hydrogen-bond acceptors (Lipinski definition) is 2. The zero-order valence-corrected chi connectivity index (χ0v) is 12.6. The van der Waals surface area contributed by atoms with Crippen molar-refractivity contribution in [2.24, 2.45) is 0 Å². The molecule has 0 unspecified atom stereocenters. The van der Waals surface area contributed by atoms with E-state index >= 15 is 0 Å². The van der Waals surface area contributed by atoms with Gasteiger partial charge in [0.05, 0.1) is 7.11 Å². The average Bonchev–Trinajstić information content (AvgIpc) is 2.25. The van der Waals surface area contributed by atoms with Crippen LogP contribution >= 0.6 is 50.7 Å². The van der Waals surface area contributed by atoms with E-state index in [4.69, 9.17) is 39.5 Å². The van der Waals surface area contributed by atoms with Gasteiger partial charge < -0.3 is 4.74 Å². The maximum Gasteiger partial charge on any atom is 0.252 e. The molecule has 0 N–H and O–H groups in total. The molecule has 1 aromatic rings. The summed E-state index contributed by atoms with van der Waals surface area (Å²) in [4.78, 5) is 11.5. The Morgan fingerprint density at radius 1 is 1.29 bits per heavy atom. The van der Waals surface area contributed by atoms with Crippen LogP contribution in [0.2, 0.25) is 0 Å². The lowest BCUT2D eigenvalue weighted by molar-refractivity contribution is -0.113. The van der Waals surface area contributed by atoms with E-state index < -0.39 is 9.58 Å². The SMILES string of the molecule is CO/C(=C\C(=O)C(Cl)(Cl)Cl)c1ccc(Br)cc1. The lowest BCUT2D eigenvalue weighted by atomic mass is 10.1. The summed E-state index contributed by atoms with van der Waals surface area (Å²) >= 11 is 19.7. The number of alkyl halides is 3. The molecule has 0 radical (unpaired) electrons. The van der Waals surface area contributed by atoms with Gasteiger partial charge in [-0.3, -0.25) is 4.79 Å². The second kappa shape index (κ2) is 6.10. The fourth-order valence-electron chi connectivity index (χ4n) is 1.08. The van der Waals surface area contributed by atoms with Gasteiger partial charge in [0, 0.05) is 16.1 Å². The zero-order chi connectivity index (χ0) is 13.1. The third-order valence-electron chi connectivity index (χ3n) is 1.89. The Bertz CT molecular complexity index is 435. The predicted octanol–water partition coefficient (Wildman–Crippen LogP) is 4.38. The Morgan fingerprint density at radius 2 is 1.82 bits per heavy atom. The summed E-state index contributed by atoms with van der Waals surface area (Å²) in [5, 5.41) is 0. The number of hydrogen-bond donors (Lipinski definition) is 0. The Labute approximate surface area is 123 Å². The molecule has 6 heteroatoms. The fraction of sp³-hybridized carbons (Fsp3) is 0.182. The van der Waals surface area contributed by atoms with Crippen LogP contribution in [0.15, 0.2) is 34.8 Å². The van der Waals surface area contributed by atoms with Crippen molar-refractivity contribution in [2.45, 2.75) is 3.79 Å². The van der Waals surface area contributed by atoms with Gasteiger partial charge in [-0.25, -0.2) is 0 Å². The molecule has 1 aromatic carbocycles. The van der Waals surface area contributed by atoms with Crippen molar-refractivity contribution in [1.29, 1.82) is 0 Å². The van der Waals surface area contributed by atoms with Crippen LogP contribution in [0, 0.1) is 0 Å². The van der Waals surface area contributed by atoms with E-state index in [1.54, 1.807) is 12.1 Å². The van der Waals surface area contributed by atoms with Crippen molar-refractivity contribution in [1.82, 2.24) is 0 Å². The summed E-state index contributed by atoms with van der Waals surface area (Å²) in [6.07, 6.45) is 1.16. The summed E-state index contributed by atoms with van der Waals surface area (Å²) in [5.74, 6) is -0.309. The maximum absolute atomic E-state index is 11.5. The molecule has 0 atom stereocenters. The number of rotatable bonds is 3. The molecule has 0 aliphatic carbocycles. The van der Waals surface area contributed by atoms with Crippen LogP contribution in [0.25, 0.3) is 5.76 Å². The Balaban J connectivity index is 3.04. The molecule has 0 spiro atoms. The zero-order valence-electron chi connectivity index (χ0n) is 8.72. The molecule has 0 saturated heterocycles. The van der Waals surface area contributed by atoms with Crippen molar-refractivity contribution in [2.75, 3.05) is 7.11 Å². The highest BCUT2D eigenvalue weighted by molar-refractivity contribution is 9.10. The van der Waals surface area contributed by atoms with E-state index in [9.17, 15) is 4.79 Å². The fourth-order valence-corrected chi connectivity index (χ4v) is 1.50. The molecule has 2 nitrogen and oxygen atoms in total. The minimum absolute atomic E-state index is 0.342. The Hall–Kier alpha value is -0.220. The Morgan fingerprint density at radius 3 is 2.24 bits per heavy atom. The standard InChI is InChI=1S/C11H8BrCl3O2/c1-17-9(6-10(16)11(13,14)15)7-2-4-8(12)5-3-7/h2-6H,1H3/b9-6-. The van der Waals surface area contributed by atoms with Crippen molar-refractivity contribution in [3.8, 4) is 0 Å². The predicted molar refractivity (Wildman–Crippen MR) is 74.4 cm³/mol. The first-order valence-corrected chi connectivity index (χ1v) is 6.40. The van der Waals surface area contributed by atoms with Crippen LogP contribution in [0.5, 0.6) is 0 Å². The number of methoxy groups -OCH3 is 1. The maximum atomic E-state index is 11.5. The molecule has 0 fully saturated rings. The van der Waals surface area contributed by atoms with Crippen molar-refractivity contribution < 1.29 is 9.53 Å². The lowest BCUT2D eigenvalue weighted by Crippen LogP contribution is -2.16. The van der Waals surface area contributed by atoms with Crippen molar-refractivity contribution in [3.63, 3.8) is 0 Å². The molecule has 0 heterocycles. The highest BCUT2D eigenvalue weighted by Crippen LogP contribution is 2.29. The van der Waals surface area contributed by atoms with Gasteiger partial charge in [-0.1, -0.05) is 62.9 Å². The largest absolute Gasteiger partial charge is 0.496 e. The summed E-state index contributed by atoms with van der Waals surface area (Å²) in [5.41, 5.74) is 0.721. The molecule has 0 aromatic heterocycles. The highest BCUT2D eigenvalue weighted by Gasteiger charge is 2.29.